The Bertz CT molecular complexity index is 1250. The van der Waals surface area contributed by atoms with E-state index < -0.39 is 17.7 Å². The van der Waals surface area contributed by atoms with Crippen molar-refractivity contribution in [1.29, 1.82) is 0 Å². The Kier molecular flexibility index (Phi) is 4.95. The van der Waals surface area contributed by atoms with Crippen LogP contribution in [0.5, 0.6) is 17.2 Å². The number of rotatable bonds is 7. The lowest BCUT2D eigenvalue weighted by molar-refractivity contribution is -0.124. The van der Waals surface area contributed by atoms with Gasteiger partial charge in [-0.1, -0.05) is 12.2 Å². The van der Waals surface area contributed by atoms with Crippen LogP contribution in [0.25, 0.3) is 0 Å². The van der Waals surface area contributed by atoms with Crippen molar-refractivity contribution in [2.75, 3.05) is 25.7 Å². The Labute approximate surface area is 201 Å². The molecule has 0 spiro atoms. The summed E-state index contributed by atoms with van der Waals surface area (Å²) >= 11 is 0. The fourth-order valence-corrected chi connectivity index (χ4v) is 6.20. The number of ketones is 1. The molecule has 8 heteroatoms. The number of hydrogen-bond acceptors (Lipinski definition) is 6. The first-order chi connectivity index (χ1) is 16.9. The highest BCUT2D eigenvalue weighted by atomic mass is 19.1. The standard InChI is InChI=1S/C27H24FNO6/c1-33-22-8-3-13(9-23(22)34-2)21(30)12-35-14-4-7-20(19(28)10-14)29-26(31)24-15-5-6-16(18-11-17(15)18)25(24)27(29)32/h3-10,15-18,24-25H,11-12H2,1-2H3/t15-,16+,17?,18?,24-,25+. The van der Waals surface area contributed by atoms with Crippen LogP contribution in [0.15, 0.2) is 48.6 Å². The summed E-state index contributed by atoms with van der Waals surface area (Å²) in [6, 6.07) is 8.69. The lowest BCUT2D eigenvalue weighted by Gasteiger charge is -2.37. The van der Waals surface area contributed by atoms with Crippen molar-refractivity contribution in [3.8, 4) is 17.2 Å². The number of anilines is 1. The molecule has 4 aliphatic carbocycles. The molecule has 6 atom stereocenters. The van der Waals surface area contributed by atoms with E-state index in [9.17, 15) is 14.4 Å². The fourth-order valence-electron chi connectivity index (χ4n) is 6.20. The van der Waals surface area contributed by atoms with E-state index in [1.165, 1.54) is 26.4 Å². The maximum atomic E-state index is 15.1. The smallest absolute Gasteiger partial charge is 0.238 e. The Morgan fingerprint density at radius 2 is 1.60 bits per heavy atom. The number of carbonyl (C=O) groups is 3. The molecule has 180 valence electrons. The molecule has 2 aromatic carbocycles. The molecule has 7 rings (SSSR count). The van der Waals surface area contributed by atoms with Gasteiger partial charge in [0.25, 0.3) is 0 Å². The number of Topliss-reactive ketones (excluding diaryl/α,β-unsaturated/α-hetero) is 1. The van der Waals surface area contributed by atoms with E-state index in [1.54, 1.807) is 18.2 Å². The van der Waals surface area contributed by atoms with Crippen molar-refractivity contribution < 1.29 is 33.0 Å². The van der Waals surface area contributed by atoms with Gasteiger partial charge in [-0.15, -0.1) is 0 Å². The van der Waals surface area contributed by atoms with Crippen LogP contribution >= 0.6 is 0 Å². The van der Waals surface area contributed by atoms with Crippen LogP contribution in [-0.4, -0.2) is 38.4 Å². The zero-order chi connectivity index (χ0) is 24.4. The van der Waals surface area contributed by atoms with Gasteiger partial charge >= 0.3 is 0 Å². The highest BCUT2D eigenvalue weighted by Crippen LogP contribution is 2.65. The normalized spacial score (nSPS) is 29.6. The topological polar surface area (TPSA) is 82.1 Å². The minimum atomic E-state index is -0.744. The average molecular weight is 477 g/mol. The van der Waals surface area contributed by atoms with Crippen LogP contribution in [0.2, 0.25) is 0 Å². The number of hydrogen-bond donors (Lipinski definition) is 0. The molecule has 1 heterocycles. The van der Waals surface area contributed by atoms with E-state index in [2.05, 4.69) is 12.2 Å². The quantitative estimate of drug-likeness (QED) is 0.344. The van der Waals surface area contributed by atoms with Gasteiger partial charge in [-0.3, -0.25) is 14.4 Å². The van der Waals surface area contributed by atoms with Crippen molar-refractivity contribution in [2.45, 2.75) is 6.42 Å². The van der Waals surface area contributed by atoms with Gasteiger partial charge in [-0.25, -0.2) is 9.29 Å². The predicted octanol–water partition coefficient (Wildman–Crippen LogP) is 3.66. The highest BCUT2D eigenvalue weighted by molar-refractivity contribution is 6.22. The maximum Gasteiger partial charge on any atom is 0.238 e. The summed E-state index contributed by atoms with van der Waals surface area (Å²) in [7, 11) is 2.98. The largest absolute Gasteiger partial charge is 0.493 e. The van der Waals surface area contributed by atoms with E-state index in [4.69, 9.17) is 14.2 Å². The minimum Gasteiger partial charge on any atom is -0.493 e. The zero-order valence-corrected chi connectivity index (χ0v) is 19.3. The second kappa shape index (κ2) is 7.93. The molecular weight excluding hydrogens is 453 g/mol. The molecule has 1 saturated heterocycles. The van der Waals surface area contributed by atoms with Gasteiger partial charge in [0.1, 0.15) is 5.75 Å². The van der Waals surface area contributed by atoms with Crippen molar-refractivity contribution in [3.63, 3.8) is 0 Å². The van der Waals surface area contributed by atoms with Crippen LogP contribution < -0.4 is 19.1 Å². The number of allylic oxidation sites excluding steroid dienone is 2. The molecule has 7 nitrogen and oxygen atoms in total. The summed E-state index contributed by atoms with van der Waals surface area (Å²) in [5.74, 6) is -0.358. The predicted molar refractivity (Wildman–Crippen MR) is 123 cm³/mol. The molecule has 0 N–H and O–H groups in total. The van der Waals surface area contributed by atoms with E-state index in [1.807, 2.05) is 0 Å². The van der Waals surface area contributed by atoms with E-state index >= 15 is 4.39 Å². The second-order valence-corrected chi connectivity index (χ2v) is 9.56. The van der Waals surface area contributed by atoms with Crippen LogP contribution in [0.1, 0.15) is 16.8 Å². The second-order valence-electron chi connectivity index (χ2n) is 9.56. The number of methoxy groups -OCH3 is 2. The summed E-state index contributed by atoms with van der Waals surface area (Å²) in [5.41, 5.74) is 0.290. The molecule has 3 fully saturated rings. The molecule has 0 aromatic heterocycles. The Morgan fingerprint density at radius 1 is 0.943 bits per heavy atom. The summed E-state index contributed by atoms with van der Waals surface area (Å²) in [4.78, 5) is 40.0. The average Bonchev–Trinajstić information content (AvgIpc) is 3.66. The number of carbonyl (C=O) groups excluding carboxylic acids is 3. The SMILES string of the molecule is COc1ccc(C(=O)COc2ccc(N3C(=O)[C@@H]4[C@H](C3=O)[C@@H]3C=C[C@H]4C4CC43)c(F)c2)cc1OC. The van der Waals surface area contributed by atoms with Crippen LogP contribution in [0.3, 0.4) is 0 Å². The first-order valence-electron chi connectivity index (χ1n) is 11.7. The summed E-state index contributed by atoms with van der Waals surface area (Å²) in [5, 5.41) is 0. The van der Waals surface area contributed by atoms with Crippen LogP contribution in [-0.2, 0) is 9.59 Å². The molecular formula is C27H24FNO6. The van der Waals surface area contributed by atoms with E-state index in [0.29, 0.717) is 28.9 Å². The number of ether oxygens (including phenoxy) is 3. The Morgan fingerprint density at radius 3 is 2.20 bits per heavy atom. The summed E-state index contributed by atoms with van der Waals surface area (Å²) in [6.07, 6.45) is 5.23. The molecule has 2 aromatic rings. The highest BCUT2D eigenvalue weighted by Gasteiger charge is 2.67. The van der Waals surface area contributed by atoms with Gasteiger partial charge in [0.15, 0.2) is 29.7 Å². The third-order valence-corrected chi connectivity index (χ3v) is 7.90. The Balaban J connectivity index is 1.17. The van der Waals surface area contributed by atoms with Gasteiger partial charge in [0.2, 0.25) is 11.8 Å². The zero-order valence-electron chi connectivity index (χ0n) is 19.3. The number of halogens is 1. The fraction of sp³-hybridized carbons (Fsp3) is 0.370. The van der Waals surface area contributed by atoms with Crippen molar-refractivity contribution in [2.24, 2.45) is 35.5 Å². The number of imide groups is 1. The Hall–Kier alpha value is -3.68. The molecule has 35 heavy (non-hydrogen) atoms. The first kappa shape index (κ1) is 21.8. The summed E-state index contributed by atoms with van der Waals surface area (Å²) in [6.45, 7) is -0.322. The van der Waals surface area contributed by atoms with Crippen molar-refractivity contribution in [1.82, 2.24) is 0 Å². The van der Waals surface area contributed by atoms with Crippen LogP contribution in [0, 0.1) is 41.3 Å². The lowest BCUT2D eigenvalue weighted by atomic mass is 9.63. The lowest BCUT2D eigenvalue weighted by Crippen LogP contribution is -2.40. The number of nitrogens with zero attached hydrogens (tertiary/aromatic N) is 1. The molecule has 0 radical (unpaired) electrons. The molecule has 2 unspecified atom stereocenters. The molecule has 2 amide bonds. The third-order valence-electron chi connectivity index (χ3n) is 7.90. The van der Waals surface area contributed by atoms with Gasteiger partial charge in [-0.2, -0.15) is 0 Å². The monoisotopic (exact) mass is 477 g/mol. The first-order valence-corrected chi connectivity index (χ1v) is 11.7. The number of benzene rings is 2. The minimum absolute atomic E-state index is 0.0685. The van der Waals surface area contributed by atoms with Crippen LogP contribution in [0.4, 0.5) is 10.1 Å². The molecule has 2 bridgehead atoms. The van der Waals surface area contributed by atoms with Crippen molar-refractivity contribution in [3.05, 3.63) is 59.9 Å². The van der Waals surface area contributed by atoms with Crippen molar-refractivity contribution >= 4 is 23.3 Å². The summed E-state index contributed by atoms with van der Waals surface area (Å²) < 4.78 is 31.0. The van der Waals surface area contributed by atoms with E-state index in [-0.39, 0.29) is 47.5 Å². The third kappa shape index (κ3) is 3.26. The molecule has 5 aliphatic rings. The van der Waals surface area contributed by atoms with Gasteiger partial charge in [-0.05, 0) is 60.4 Å². The number of amides is 2. The van der Waals surface area contributed by atoms with Gasteiger partial charge in [0.05, 0.1) is 31.7 Å². The van der Waals surface area contributed by atoms with Gasteiger partial charge < -0.3 is 14.2 Å². The van der Waals surface area contributed by atoms with E-state index in [0.717, 1.165) is 17.4 Å². The molecule has 1 aliphatic heterocycles. The molecule has 2 saturated carbocycles. The van der Waals surface area contributed by atoms with Gasteiger partial charge in [0, 0.05) is 11.6 Å². The maximum absolute atomic E-state index is 15.1.